The van der Waals surface area contributed by atoms with Crippen LogP contribution in [0.2, 0.25) is 0 Å². The van der Waals surface area contributed by atoms with E-state index in [-0.39, 0.29) is 11.4 Å². The number of nitrogens with one attached hydrogen (secondary N) is 3. The van der Waals surface area contributed by atoms with Gasteiger partial charge in [-0.25, -0.2) is 17.9 Å². The minimum Gasteiger partial charge on any atom is -0.384 e. The van der Waals surface area contributed by atoms with E-state index in [2.05, 4.69) is 14.7 Å². The summed E-state index contributed by atoms with van der Waals surface area (Å²) in [5.74, 6) is 0. The first kappa shape index (κ1) is 16.4. The number of hydrogen-bond acceptors (Lipinski definition) is 4. The first-order valence-corrected chi connectivity index (χ1v) is 8.76. The SMILES string of the molecule is CC(O)(CNS(=O)(=O)c1ccc2[nH]c(=O)[nH]c2c1)c1ccccc1. The Bertz CT molecular complexity index is 1020. The van der Waals surface area contributed by atoms with Crippen molar-refractivity contribution in [2.45, 2.75) is 17.4 Å². The van der Waals surface area contributed by atoms with Crippen molar-refractivity contribution in [1.82, 2.24) is 14.7 Å². The van der Waals surface area contributed by atoms with E-state index in [1.807, 2.05) is 6.07 Å². The van der Waals surface area contributed by atoms with Crippen LogP contribution in [0.1, 0.15) is 12.5 Å². The van der Waals surface area contributed by atoms with Gasteiger partial charge in [0.05, 0.1) is 15.9 Å². The lowest BCUT2D eigenvalue weighted by Gasteiger charge is -2.24. The standard InChI is InChI=1S/C16H17N3O4S/c1-16(21,11-5-3-2-4-6-11)10-17-24(22,23)12-7-8-13-14(9-12)19-15(20)18-13/h2-9,17,21H,10H2,1H3,(H2,18,19,20). The molecule has 0 radical (unpaired) electrons. The smallest absolute Gasteiger partial charge is 0.323 e. The number of H-pyrrole nitrogens is 2. The maximum Gasteiger partial charge on any atom is 0.323 e. The van der Waals surface area contributed by atoms with E-state index in [4.69, 9.17) is 0 Å². The van der Waals surface area contributed by atoms with Crippen molar-refractivity contribution < 1.29 is 13.5 Å². The zero-order valence-corrected chi connectivity index (χ0v) is 13.7. The van der Waals surface area contributed by atoms with Gasteiger partial charge in [-0.2, -0.15) is 0 Å². The summed E-state index contributed by atoms with van der Waals surface area (Å²) < 4.78 is 27.3. The lowest BCUT2D eigenvalue weighted by molar-refractivity contribution is 0.0627. The topological polar surface area (TPSA) is 115 Å². The molecule has 0 aliphatic heterocycles. The van der Waals surface area contributed by atoms with Crippen molar-refractivity contribution in [1.29, 1.82) is 0 Å². The second-order valence-electron chi connectivity index (χ2n) is 5.75. The maximum atomic E-state index is 12.4. The third-order valence-corrected chi connectivity index (χ3v) is 5.20. The zero-order valence-electron chi connectivity index (χ0n) is 12.9. The summed E-state index contributed by atoms with van der Waals surface area (Å²) >= 11 is 0. The van der Waals surface area contributed by atoms with Crippen molar-refractivity contribution >= 4 is 21.1 Å². The van der Waals surface area contributed by atoms with E-state index >= 15 is 0 Å². The van der Waals surface area contributed by atoms with Gasteiger partial charge in [-0.05, 0) is 30.7 Å². The van der Waals surface area contributed by atoms with Gasteiger partial charge in [-0.1, -0.05) is 30.3 Å². The van der Waals surface area contributed by atoms with Crippen LogP contribution in [-0.4, -0.2) is 30.0 Å². The van der Waals surface area contributed by atoms with E-state index in [1.165, 1.54) is 25.1 Å². The Hall–Kier alpha value is -2.42. The van der Waals surface area contributed by atoms with Crippen molar-refractivity contribution in [3.05, 3.63) is 64.6 Å². The van der Waals surface area contributed by atoms with Crippen LogP contribution < -0.4 is 10.4 Å². The zero-order chi connectivity index (χ0) is 17.4. The summed E-state index contributed by atoms with van der Waals surface area (Å²) in [4.78, 5) is 16.3. The first-order chi connectivity index (χ1) is 11.3. The number of aromatic nitrogens is 2. The molecule has 7 nitrogen and oxygen atoms in total. The highest BCUT2D eigenvalue weighted by molar-refractivity contribution is 7.89. The molecule has 3 aromatic rings. The highest BCUT2D eigenvalue weighted by Crippen LogP contribution is 2.21. The van der Waals surface area contributed by atoms with E-state index in [1.54, 1.807) is 24.3 Å². The van der Waals surface area contributed by atoms with Gasteiger partial charge in [-0.15, -0.1) is 0 Å². The normalized spacial score (nSPS) is 14.6. The van der Waals surface area contributed by atoms with Crippen molar-refractivity contribution in [3.8, 4) is 0 Å². The number of benzene rings is 2. The predicted octanol–water partition coefficient (Wildman–Crippen LogP) is 1.04. The molecule has 126 valence electrons. The third-order valence-electron chi connectivity index (χ3n) is 3.80. The van der Waals surface area contributed by atoms with Crippen LogP contribution in [0.3, 0.4) is 0 Å². The Morgan fingerprint density at radius 3 is 2.46 bits per heavy atom. The van der Waals surface area contributed by atoms with Crippen molar-refractivity contribution in [3.63, 3.8) is 0 Å². The number of rotatable bonds is 5. The molecule has 24 heavy (non-hydrogen) atoms. The molecular formula is C16H17N3O4S. The molecule has 0 spiro atoms. The molecule has 0 saturated heterocycles. The van der Waals surface area contributed by atoms with E-state index in [0.29, 0.717) is 16.6 Å². The van der Waals surface area contributed by atoms with Crippen LogP contribution in [0.5, 0.6) is 0 Å². The molecule has 1 unspecified atom stereocenters. The molecule has 1 atom stereocenters. The average Bonchev–Trinajstić information content (AvgIpc) is 2.93. The fourth-order valence-electron chi connectivity index (χ4n) is 2.40. The molecule has 0 bridgehead atoms. The Morgan fingerprint density at radius 1 is 1.08 bits per heavy atom. The lowest BCUT2D eigenvalue weighted by atomic mass is 9.97. The van der Waals surface area contributed by atoms with Gasteiger partial charge in [-0.3, -0.25) is 0 Å². The van der Waals surface area contributed by atoms with Crippen LogP contribution >= 0.6 is 0 Å². The quantitative estimate of drug-likeness (QED) is 0.552. The second kappa shape index (κ2) is 5.90. The first-order valence-electron chi connectivity index (χ1n) is 7.28. The highest BCUT2D eigenvalue weighted by atomic mass is 32.2. The summed E-state index contributed by atoms with van der Waals surface area (Å²) in [6.07, 6.45) is 0. The van der Waals surface area contributed by atoms with Gasteiger partial charge < -0.3 is 15.1 Å². The van der Waals surface area contributed by atoms with Gasteiger partial charge in [0.15, 0.2) is 0 Å². The molecule has 2 aromatic carbocycles. The van der Waals surface area contributed by atoms with E-state index in [0.717, 1.165) is 0 Å². The van der Waals surface area contributed by atoms with Gasteiger partial charge >= 0.3 is 5.69 Å². The number of fused-ring (bicyclic) bond motifs is 1. The van der Waals surface area contributed by atoms with Crippen LogP contribution in [-0.2, 0) is 15.6 Å². The largest absolute Gasteiger partial charge is 0.384 e. The molecule has 8 heteroatoms. The fourth-order valence-corrected chi connectivity index (χ4v) is 3.55. The Labute approximate surface area is 138 Å². The molecule has 0 amide bonds. The van der Waals surface area contributed by atoms with Crippen molar-refractivity contribution in [2.24, 2.45) is 0 Å². The monoisotopic (exact) mass is 347 g/mol. The van der Waals surface area contributed by atoms with Crippen LogP contribution in [0, 0.1) is 0 Å². The van der Waals surface area contributed by atoms with E-state index < -0.39 is 21.3 Å². The van der Waals surface area contributed by atoms with Gasteiger partial charge in [0.1, 0.15) is 5.60 Å². The summed E-state index contributed by atoms with van der Waals surface area (Å²) in [5, 5.41) is 10.5. The van der Waals surface area contributed by atoms with Crippen LogP contribution in [0.15, 0.2) is 58.2 Å². The minimum atomic E-state index is -3.83. The van der Waals surface area contributed by atoms with Gasteiger partial charge in [0.2, 0.25) is 10.0 Å². The predicted molar refractivity (Wildman–Crippen MR) is 90.1 cm³/mol. The molecular weight excluding hydrogens is 330 g/mol. The summed E-state index contributed by atoms with van der Waals surface area (Å²) in [6, 6.07) is 13.1. The third kappa shape index (κ3) is 3.25. The molecule has 0 fully saturated rings. The Balaban J connectivity index is 1.83. The number of aromatic amines is 2. The Kier molecular flexibility index (Phi) is 4.04. The summed E-state index contributed by atoms with van der Waals surface area (Å²) in [6.45, 7) is 1.36. The molecule has 1 aromatic heterocycles. The van der Waals surface area contributed by atoms with Crippen molar-refractivity contribution in [2.75, 3.05) is 6.54 Å². The maximum absolute atomic E-state index is 12.4. The number of sulfonamides is 1. The molecule has 1 heterocycles. The lowest BCUT2D eigenvalue weighted by Crippen LogP contribution is -2.38. The Morgan fingerprint density at radius 2 is 1.75 bits per heavy atom. The minimum absolute atomic E-state index is 0.00844. The highest BCUT2D eigenvalue weighted by Gasteiger charge is 2.26. The van der Waals surface area contributed by atoms with E-state index in [9.17, 15) is 18.3 Å². The fraction of sp³-hybridized carbons (Fsp3) is 0.188. The second-order valence-corrected chi connectivity index (χ2v) is 7.52. The molecule has 3 rings (SSSR count). The molecule has 0 saturated carbocycles. The molecule has 0 aliphatic rings. The average molecular weight is 347 g/mol. The number of hydrogen-bond donors (Lipinski definition) is 4. The van der Waals surface area contributed by atoms with Gasteiger partial charge in [0, 0.05) is 6.54 Å². The number of aliphatic hydroxyl groups is 1. The van der Waals surface area contributed by atoms with Crippen LogP contribution in [0.4, 0.5) is 0 Å². The summed E-state index contributed by atoms with van der Waals surface area (Å²) in [7, 11) is -3.83. The molecule has 0 aliphatic carbocycles. The number of imidazole rings is 1. The van der Waals surface area contributed by atoms with Crippen LogP contribution in [0.25, 0.3) is 11.0 Å². The van der Waals surface area contributed by atoms with Gasteiger partial charge in [0.25, 0.3) is 0 Å². The summed E-state index contributed by atoms with van der Waals surface area (Å²) in [5.41, 5.74) is -0.216. The molecule has 4 N–H and O–H groups in total.